The number of rotatable bonds is 3. The first-order chi connectivity index (χ1) is 7.83. The van der Waals surface area contributed by atoms with Crippen LogP contribution in [-0.4, -0.2) is 21.1 Å². The number of pyridine rings is 1. The van der Waals surface area contributed by atoms with Gasteiger partial charge >= 0.3 is 0 Å². The molecule has 0 aliphatic heterocycles. The van der Waals surface area contributed by atoms with Crippen LogP contribution in [0.25, 0.3) is 11.6 Å². The molecular formula is C10H7ClN4O. The molecule has 80 valence electrons. The van der Waals surface area contributed by atoms with Crippen molar-refractivity contribution in [2.75, 3.05) is 5.88 Å². The SMILES string of the molecule is N#Cc1ccc(-c2nnc(CCCl)o2)nc1. The molecular weight excluding hydrogens is 228 g/mol. The standard InChI is InChI=1S/C10H7ClN4O/c11-4-3-9-14-15-10(16-9)8-2-1-7(5-12)6-13-8/h1-2,6H,3-4H2. The molecule has 0 radical (unpaired) electrons. The molecule has 6 heteroatoms. The van der Waals surface area contributed by atoms with Gasteiger partial charge in [-0.25, -0.2) is 4.98 Å². The summed E-state index contributed by atoms with van der Waals surface area (Å²) in [6.45, 7) is 0. The van der Waals surface area contributed by atoms with Gasteiger partial charge < -0.3 is 4.42 Å². The third kappa shape index (κ3) is 2.18. The third-order valence-corrected chi connectivity index (χ3v) is 2.08. The highest BCUT2D eigenvalue weighted by Crippen LogP contribution is 2.15. The summed E-state index contributed by atoms with van der Waals surface area (Å²) in [6, 6.07) is 5.29. The van der Waals surface area contributed by atoms with Gasteiger partial charge in [0, 0.05) is 18.5 Å². The number of alkyl halides is 1. The molecule has 2 rings (SSSR count). The second-order valence-electron chi connectivity index (χ2n) is 2.98. The molecule has 0 spiro atoms. The van der Waals surface area contributed by atoms with E-state index in [1.807, 2.05) is 6.07 Å². The maximum Gasteiger partial charge on any atom is 0.266 e. The Balaban J connectivity index is 2.25. The predicted octanol–water partition coefficient (Wildman–Crippen LogP) is 1.78. The average molecular weight is 235 g/mol. The lowest BCUT2D eigenvalue weighted by atomic mass is 10.3. The van der Waals surface area contributed by atoms with Crippen molar-refractivity contribution in [3.8, 4) is 17.7 Å². The van der Waals surface area contributed by atoms with Crippen LogP contribution in [-0.2, 0) is 6.42 Å². The first-order valence-electron chi connectivity index (χ1n) is 4.58. The fourth-order valence-corrected chi connectivity index (χ4v) is 1.29. The van der Waals surface area contributed by atoms with Crippen LogP contribution in [0, 0.1) is 11.3 Å². The normalized spacial score (nSPS) is 10.0. The van der Waals surface area contributed by atoms with E-state index in [-0.39, 0.29) is 0 Å². The van der Waals surface area contributed by atoms with E-state index in [1.54, 1.807) is 12.1 Å². The van der Waals surface area contributed by atoms with E-state index in [0.29, 0.717) is 35.3 Å². The molecule has 5 nitrogen and oxygen atoms in total. The Morgan fingerprint density at radius 1 is 1.38 bits per heavy atom. The molecule has 0 aromatic carbocycles. The molecule has 0 bridgehead atoms. The van der Waals surface area contributed by atoms with Crippen LogP contribution in [0.15, 0.2) is 22.7 Å². The smallest absolute Gasteiger partial charge is 0.266 e. The lowest BCUT2D eigenvalue weighted by Gasteiger charge is -1.92. The minimum Gasteiger partial charge on any atom is -0.419 e. The van der Waals surface area contributed by atoms with E-state index in [4.69, 9.17) is 21.3 Å². The predicted molar refractivity (Wildman–Crippen MR) is 56.7 cm³/mol. The van der Waals surface area contributed by atoms with Gasteiger partial charge in [-0.1, -0.05) is 0 Å². The summed E-state index contributed by atoms with van der Waals surface area (Å²) in [5, 5.41) is 16.3. The van der Waals surface area contributed by atoms with E-state index < -0.39 is 0 Å². The van der Waals surface area contributed by atoms with Crippen LogP contribution in [0.5, 0.6) is 0 Å². The Morgan fingerprint density at radius 2 is 2.25 bits per heavy atom. The van der Waals surface area contributed by atoms with Crippen molar-refractivity contribution in [1.82, 2.24) is 15.2 Å². The fraction of sp³-hybridized carbons (Fsp3) is 0.200. The number of hydrogen-bond donors (Lipinski definition) is 0. The summed E-state index contributed by atoms with van der Waals surface area (Å²) in [7, 11) is 0. The molecule has 2 aromatic rings. The highest BCUT2D eigenvalue weighted by molar-refractivity contribution is 6.17. The van der Waals surface area contributed by atoms with Gasteiger partial charge in [0.2, 0.25) is 5.89 Å². The summed E-state index contributed by atoms with van der Waals surface area (Å²) in [4.78, 5) is 4.04. The van der Waals surface area contributed by atoms with Crippen molar-refractivity contribution in [3.63, 3.8) is 0 Å². The van der Waals surface area contributed by atoms with Crippen molar-refractivity contribution in [3.05, 3.63) is 29.8 Å². The molecule has 2 heterocycles. The van der Waals surface area contributed by atoms with Crippen molar-refractivity contribution in [2.45, 2.75) is 6.42 Å². The zero-order chi connectivity index (χ0) is 11.4. The largest absolute Gasteiger partial charge is 0.419 e. The summed E-state index contributed by atoms with van der Waals surface area (Å²) < 4.78 is 5.33. The highest BCUT2D eigenvalue weighted by Gasteiger charge is 2.08. The molecule has 16 heavy (non-hydrogen) atoms. The number of aryl methyl sites for hydroxylation is 1. The molecule has 0 saturated carbocycles. The second kappa shape index (κ2) is 4.73. The van der Waals surface area contributed by atoms with E-state index in [9.17, 15) is 0 Å². The van der Waals surface area contributed by atoms with Crippen molar-refractivity contribution in [2.24, 2.45) is 0 Å². The van der Waals surface area contributed by atoms with Gasteiger partial charge in [-0.15, -0.1) is 21.8 Å². The Labute approximate surface area is 96.7 Å². The number of hydrogen-bond acceptors (Lipinski definition) is 5. The molecule has 0 amide bonds. The van der Waals surface area contributed by atoms with E-state index in [2.05, 4.69) is 15.2 Å². The second-order valence-corrected chi connectivity index (χ2v) is 3.36. The minimum atomic E-state index is 0.338. The molecule has 0 aliphatic carbocycles. The van der Waals surface area contributed by atoms with Gasteiger partial charge in [0.15, 0.2) is 0 Å². The van der Waals surface area contributed by atoms with Crippen molar-refractivity contribution in [1.29, 1.82) is 5.26 Å². The molecule has 0 fully saturated rings. The van der Waals surface area contributed by atoms with E-state index in [1.165, 1.54) is 6.20 Å². The Kier molecular flexibility index (Phi) is 3.13. The van der Waals surface area contributed by atoms with Crippen LogP contribution in [0.2, 0.25) is 0 Å². The zero-order valence-corrected chi connectivity index (χ0v) is 8.98. The number of halogens is 1. The monoisotopic (exact) mass is 234 g/mol. The van der Waals surface area contributed by atoms with E-state index in [0.717, 1.165) is 0 Å². The molecule has 0 saturated heterocycles. The maximum atomic E-state index is 8.62. The van der Waals surface area contributed by atoms with Gasteiger partial charge in [-0.3, -0.25) is 0 Å². The molecule has 0 N–H and O–H groups in total. The van der Waals surface area contributed by atoms with Gasteiger partial charge in [0.25, 0.3) is 5.89 Å². The van der Waals surface area contributed by atoms with Crippen LogP contribution in [0.3, 0.4) is 0 Å². The molecule has 0 unspecified atom stereocenters. The lowest BCUT2D eigenvalue weighted by Crippen LogP contribution is -1.84. The summed E-state index contributed by atoms with van der Waals surface area (Å²) in [5.74, 6) is 1.25. The molecule has 0 aliphatic rings. The third-order valence-electron chi connectivity index (χ3n) is 1.89. The summed E-state index contributed by atoms with van der Waals surface area (Å²) >= 11 is 5.55. The Morgan fingerprint density at radius 3 is 2.88 bits per heavy atom. The Bertz CT molecular complexity index is 514. The van der Waals surface area contributed by atoms with Gasteiger partial charge in [-0.2, -0.15) is 5.26 Å². The fourth-order valence-electron chi connectivity index (χ4n) is 1.13. The first-order valence-corrected chi connectivity index (χ1v) is 5.12. The minimum absolute atomic E-state index is 0.338. The van der Waals surface area contributed by atoms with Crippen molar-refractivity contribution >= 4 is 11.6 Å². The van der Waals surface area contributed by atoms with Gasteiger partial charge in [-0.05, 0) is 12.1 Å². The molecule has 0 atom stereocenters. The van der Waals surface area contributed by atoms with Crippen LogP contribution in [0.1, 0.15) is 11.5 Å². The topological polar surface area (TPSA) is 75.6 Å². The average Bonchev–Trinajstić information content (AvgIpc) is 2.78. The first kappa shape index (κ1) is 10.6. The highest BCUT2D eigenvalue weighted by atomic mass is 35.5. The maximum absolute atomic E-state index is 8.62. The van der Waals surface area contributed by atoms with Gasteiger partial charge in [0.1, 0.15) is 11.8 Å². The Hall–Kier alpha value is -1.93. The van der Waals surface area contributed by atoms with E-state index >= 15 is 0 Å². The quantitative estimate of drug-likeness (QED) is 0.757. The van der Waals surface area contributed by atoms with Gasteiger partial charge in [0.05, 0.1) is 5.56 Å². The summed E-state index contributed by atoms with van der Waals surface area (Å²) in [6.07, 6.45) is 1.99. The zero-order valence-electron chi connectivity index (χ0n) is 8.22. The summed E-state index contributed by atoms with van der Waals surface area (Å²) in [5.41, 5.74) is 1.04. The molecule has 2 aromatic heterocycles. The van der Waals surface area contributed by atoms with Crippen LogP contribution in [0.4, 0.5) is 0 Å². The number of nitrogens with zero attached hydrogens (tertiary/aromatic N) is 4. The number of nitriles is 1. The van der Waals surface area contributed by atoms with Crippen LogP contribution < -0.4 is 0 Å². The number of aromatic nitrogens is 3. The lowest BCUT2D eigenvalue weighted by molar-refractivity contribution is 0.512. The van der Waals surface area contributed by atoms with Crippen molar-refractivity contribution < 1.29 is 4.42 Å². The van der Waals surface area contributed by atoms with Crippen LogP contribution >= 0.6 is 11.6 Å².